The Morgan fingerprint density at radius 1 is 1.42 bits per heavy atom. The zero-order valence-electron chi connectivity index (χ0n) is 16.4. The maximum Gasteiger partial charge on any atom is 0.230 e. The topological polar surface area (TPSA) is 82.7 Å². The van der Waals surface area contributed by atoms with Crippen LogP contribution >= 0.6 is 0 Å². The lowest BCUT2D eigenvalue weighted by molar-refractivity contribution is -0.144. The predicted octanol–water partition coefficient (Wildman–Crippen LogP) is 1.99. The van der Waals surface area contributed by atoms with Gasteiger partial charge in [-0.1, -0.05) is 13.8 Å². The van der Waals surface area contributed by atoms with Crippen molar-refractivity contribution in [3.8, 4) is 0 Å². The van der Waals surface area contributed by atoms with Crippen molar-refractivity contribution in [3.05, 3.63) is 11.8 Å². The number of carbonyl (C=O) groups is 1. The normalized spacial score (nSPS) is 28.2. The Morgan fingerprint density at radius 3 is 2.81 bits per heavy atom. The van der Waals surface area contributed by atoms with Crippen LogP contribution in [0.2, 0.25) is 0 Å². The molecule has 2 bridgehead atoms. The van der Waals surface area contributed by atoms with Gasteiger partial charge in [0.15, 0.2) is 0 Å². The van der Waals surface area contributed by atoms with Crippen LogP contribution in [0.15, 0.2) is 4.42 Å². The number of nitrogens with zero attached hydrogens (tertiary/aromatic N) is 4. The van der Waals surface area contributed by atoms with E-state index in [4.69, 9.17) is 4.42 Å². The van der Waals surface area contributed by atoms with Crippen LogP contribution in [0, 0.1) is 18.3 Å². The summed E-state index contributed by atoms with van der Waals surface area (Å²) in [6, 6.07) is 0.609. The third-order valence-corrected chi connectivity index (χ3v) is 6.14. The molecule has 2 aliphatic rings. The molecule has 146 valence electrons. The average Bonchev–Trinajstić information content (AvgIpc) is 3.27. The van der Waals surface area contributed by atoms with Gasteiger partial charge in [0.25, 0.3) is 0 Å². The van der Waals surface area contributed by atoms with Gasteiger partial charge >= 0.3 is 0 Å². The van der Waals surface area contributed by atoms with Crippen LogP contribution in [-0.2, 0) is 11.3 Å². The number of aromatic nitrogens is 2. The SMILES string of the molecule is Cc1nnc(CN2[C@@H]3CC[C@H]2[C@@](CCC(C)C)(C(=O)N(C)CCO)C3)o1. The van der Waals surface area contributed by atoms with E-state index < -0.39 is 0 Å². The quantitative estimate of drug-likeness (QED) is 0.760. The Labute approximate surface area is 155 Å². The summed E-state index contributed by atoms with van der Waals surface area (Å²) in [7, 11) is 1.81. The lowest BCUT2D eigenvalue weighted by Crippen LogP contribution is -2.50. The fourth-order valence-corrected chi connectivity index (χ4v) is 4.89. The van der Waals surface area contributed by atoms with Crippen LogP contribution in [0.1, 0.15) is 57.7 Å². The van der Waals surface area contributed by atoms with Crippen molar-refractivity contribution >= 4 is 5.91 Å². The van der Waals surface area contributed by atoms with Crippen molar-refractivity contribution < 1.29 is 14.3 Å². The first-order valence-corrected chi connectivity index (χ1v) is 9.78. The highest BCUT2D eigenvalue weighted by molar-refractivity contribution is 5.84. The second-order valence-electron chi connectivity index (χ2n) is 8.38. The Hall–Kier alpha value is -1.47. The predicted molar refractivity (Wildman–Crippen MR) is 97.2 cm³/mol. The van der Waals surface area contributed by atoms with Crippen LogP contribution < -0.4 is 0 Å². The van der Waals surface area contributed by atoms with Crippen molar-refractivity contribution in [1.82, 2.24) is 20.0 Å². The lowest BCUT2D eigenvalue weighted by Gasteiger charge is -2.39. The molecule has 1 aromatic heterocycles. The molecule has 2 saturated heterocycles. The molecule has 0 radical (unpaired) electrons. The molecule has 7 heteroatoms. The largest absolute Gasteiger partial charge is 0.424 e. The third kappa shape index (κ3) is 3.51. The van der Waals surface area contributed by atoms with Crippen LogP contribution in [0.3, 0.4) is 0 Å². The number of aryl methyl sites for hydroxylation is 1. The van der Waals surface area contributed by atoms with E-state index in [0.717, 1.165) is 32.1 Å². The number of rotatable bonds is 8. The summed E-state index contributed by atoms with van der Waals surface area (Å²) in [6.07, 6.45) is 4.99. The van der Waals surface area contributed by atoms with Gasteiger partial charge in [0.05, 0.1) is 18.6 Å². The molecular weight excluding hydrogens is 332 g/mol. The Morgan fingerprint density at radius 2 is 2.19 bits per heavy atom. The molecule has 3 atom stereocenters. The summed E-state index contributed by atoms with van der Waals surface area (Å²) >= 11 is 0. The lowest BCUT2D eigenvalue weighted by atomic mass is 9.69. The highest BCUT2D eigenvalue weighted by Gasteiger charge is 2.60. The number of amides is 1. The van der Waals surface area contributed by atoms with Gasteiger partial charge in [0, 0.05) is 32.6 Å². The van der Waals surface area contributed by atoms with Crippen molar-refractivity contribution in [2.24, 2.45) is 11.3 Å². The fraction of sp³-hybridized carbons (Fsp3) is 0.842. The zero-order chi connectivity index (χ0) is 18.9. The first-order valence-electron chi connectivity index (χ1n) is 9.78. The number of aliphatic hydroxyl groups is 1. The van der Waals surface area contributed by atoms with Crippen LogP contribution in [-0.4, -0.2) is 63.3 Å². The molecule has 0 aromatic carbocycles. The second kappa shape index (κ2) is 7.64. The van der Waals surface area contributed by atoms with Crippen molar-refractivity contribution in [1.29, 1.82) is 0 Å². The van der Waals surface area contributed by atoms with E-state index in [1.807, 2.05) is 7.05 Å². The number of fused-ring (bicyclic) bond motifs is 2. The van der Waals surface area contributed by atoms with Gasteiger partial charge in [0.2, 0.25) is 17.7 Å². The number of carbonyl (C=O) groups excluding carboxylic acids is 1. The monoisotopic (exact) mass is 364 g/mol. The smallest absolute Gasteiger partial charge is 0.230 e. The van der Waals surface area contributed by atoms with Gasteiger partial charge < -0.3 is 14.4 Å². The molecule has 0 unspecified atom stereocenters. The molecule has 3 heterocycles. The summed E-state index contributed by atoms with van der Waals surface area (Å²) < 4.78 is 5.59. The van der Waals surface area contributed by atoms with E-state index >= 15 is 0 Å². The number of likely N-dealkylation sites (N-methyl/N-ethyl adjacent to an activating group) is 1. The average molecular weight is 364 g/mol. The van der Waals surface area contributed by atoms with E-state index in [0.29, 0.717) is 36.8 Å². The molecule has 0 aliphatic carbocycles. The summed E-state index contributed by atoms with van der Waals surface area (Å²) in [5.41, 5.74) is -0.355. The molecule has 1 amide bonds. The minimum absolute atomic E-state index is 0.00156. The molecule has 1 N–H and O–H groups in total. The molecule has 0 spiro atoms. The van der Waals surface area contributed by atoms with E-state index in [-0.39, 0.29) is 24.0 Å². The molecule has 3 rings (SSSR count). The first-order chi connectivity index (χ1) is 12.4. The van der Waals surface area contributed by atoms with E-state index in [1.54, 1.807) is 11.8 Å². The van der Waals surface area contributed by atoms with Crippen molar-refractivity contribution in [2.45, 2.75) is 71.5 Å². The highest BCUT2D eigenvalue weighted by Crippen LogP contribution is 2.54. The van der Waals surface area contributed by atoms with E-state index in [9.17, 15) is 9.90 Å². The van der Waals surface area contributed by atoms with Crippen LogP contribution in [0.4, 0.5) is 0 Å². The maximum atomic E-state index is 13.4. The van der Waals surface area contributed by atoms with Gasteiger partial charge in [-0.3, -0.25) is 9.69 Å². The van der Waals surface area contributed by atoms with Gasteiger partial charge in [-0.25, -0.2) is 0 Å². The number of hydrogen-bond acceptors (Lipinski definition) is 6. The van der Waals surface area contributed by atoms with E-state index in [1.165, 1.54) is 0 Å². The van der Waals surface area contributed by atoms with Gasteiger partial charge in [-0.15, -0.1) is 10.2 Å². The molecular formula is C19H32N4O3. The maximum absolute atomic E-state index is 13.4. The number of hydrogen-bond donors (Lipinski definition) is 1. The molecule has 2 fully saturated rings. The number of aliphatic hydroxyl groups excluding tert-OH is 1. The summed E-state index contributed by atoms with van der Waals surface area (Å²) in [5.74, 6) is 1.96. The van der Waals surface area contributed by atoms with Gasteiger partial charge in [0.1, 0.15) is 0 Å². The highest BCUT2D eigenvalue weighted by atomic mass is 16.4. The van der Waals surface area contributed by atoms with Gasteiger partial charge in [-0.2, -0.15) is 0 Å². The third-order valence-electron chi connectivity index (χ3n) is 6.14. The van der Waals surface area contributed by atoms with Crippen LogP contribution in [0.5, 0.6) is 0 Å². The molecule has 0 saturated carbocycles. The molecule has 26 heavy (non-hydrogen) atoms. The summed E-state index contributed by atoms with van der Waals surface area (Å²) in [4.78, 5) is 17.5. The molecule has 2 aliphatic heterocycles. The van der Waals surface area contributed by atoms with Crippen molar-refractivity contribution in [3.63, 3.8) is 0 Å². The summed E-state index contributed by atoms with van der Waals surface area (Å²) in [5, 5.41) is 17.4. The van der Waals surface area contributed by atoms with Crippen molar-refractivity contribution in [2.75, 3.05) is 20.2 Å². The molecule has 1 aromatic rings. The van der Waals surface area contributed by atoms with E-state index in [2.05, 4.69) is 28.9 Å². The second-order valence-corrected chi connectivity index (χ2v) is 8.38. The summed E-state index contributed by atoms with van der Waals surface area (Å²) in [6.45, 7) is 7.24. The molecule has 7 nitrogen and oxygen atoms in total. The Kier molecular flexibility index (Phi) is 5.67. The minimum atomic E-state index is -0.355. The Balaban J connectivity index is 1.83. The fourth-order valence-electron chi connectivity index (χ4n) is 4.89. The minimum Gasteiger partial charge on any atom is -0.424 e. The van der Waals surface area contributed by atoms with Gasteiger partial charge in [-0.05, 0) is 38.0 Å². The first kappa shape index (κ1) is 19.3. The van der Waals surface area contributed by atoms with Crippen LogP contribution in [0.25, 0.3) is 0 Å². The zero-order valence-corrected chi connectivity index (χ0v) is 16.4. The Bertz CT molecular complexity index is 632. The standard InChI is InChI=1S/C19H32N4O3/c1-13(2)7-8-19(18(25)22(4)9-10-24)11-15-5-6-16(19)23(15)12-17-21-20-14(3)26-17/h13,15-16,24H,5-12H2,1-4H3/t15-,16+,19+/m1/s1.